The number of rotatable bonds is 6. The maximum atomic E-state index is 13.2. The van der Waals surface area contributed by atoms with Gasteiger partial charge in [0.05, 0.1) is 20.9 Å². The average Bonchev–Trinajstić information content (AvgIpc) is 2.83. The molecule has 0 aromatic heterocycles. The molecule has 12 heteroatoms. The number of barbiturate groups is 1. The number of benzene rings is 3. The summed E-state index contributed by atoms with van der Waals surface area (Å²) in [5.41, 5.74) is 0.639. The van der Waals surface area contributed by atoms with E-state index in [1.165, 1.54) is 30.3 Å². The van der Waals surface area contributed by atoms with Crippen LogP contribution in [0.1, 0.15) is 5.56 Å². The molecule has 4 rings (SSSR count). The number of amides is 5. The Morgan fingerprint density at radius 3 is 2.43 bits per heavy atom. The fourth-order valence-corrected chi connectivity index (χ4v) is 5.05. The number of ether oxygens (including phenoxy) is 1. The van der Waals surface area contributed by atoms with Crippen molar-refractivity contribution in [3.63, 3.8) is 0 Å². The van der Waals surface area contributed by atoms with Crippen LogP contribution < -0.4 is 20.3 Å². The minimum Gasteiger partial charge on any atom is -0.482 e. The Bertz CT molecular complexity index is 1460. The Morgan fingerprint density at radius 1 is 1.03 bits per heavy atom. The molecule has 1 aliphatic rings. The van der Waals surface area contributed by atoms with E-state index in [0.717, 1.165) is 4.90 Å². The van der Waals surface area contributed by atoms with Gasteiger partial charge in [0.25, 0.3) is 17.7 Å². The Labute approximate surface area is 237 Å². The first-order valence-electron chi connectivity index (χ1n) is 10.5. The maximum absolute atomic E-state index is 13.2. The molecule has 37 heavy (non-hydrogen) atoms. The zero-order chi connectivity index (χ0) is 26.7. The number of carbonyl (C=O) groups is 4. The van der Waals surface area contributed by atoms with Crippen LogP contribution in [0.5, 0.6) is 5.75 Å². The van der Waals surface area contributed by atoms with E-state index in [-0.39, 0.29) is 17.0 Å². The standard InChI is InChI=1S/C25H15Br2Cl2N3O5/c26-14-9-13(22(18(27)11-14)37-12-21(33)30-20-4-2-1-3-19(20)29)10-17-23(34)31-25(36)32(24(17)35)16-7-5-15(28)6-8-16/h1-11H,12H2,(H,30,33)(H,31,34,36)/b17-10-. The van der Waals surface area contributed by atoms with Crippen molar-refractivity contribution in [3.8, 4) is 5.75 Å². The minimum atomic E-state index is -0.891. The van der Waals surface area contributed by atoms with Gasteiger partial charge < -0.3 is 10.1 Å². The van der Waals surface area contributed by atoms with Gasteiger partial charge in [-0.1, -0.05) is 51.3 Å². The van der Waals surface area contributed by atoms with Crippen LogP contribution in [0.15, 0.2) is 75.2 Å². The van der Waals surface area contributed by atoms with Gasteiger partial charge in [0.1, 0.15) is 11.3 Å². The summed E-state index contributed by atoms with van der Waals surface area (Å²) in [5.74, 6) is -2.00. The van der Waals surface area contributed by atoms with E-state index < -0.39 is 30.4 Å². The quantitative estimate of drug-likeness (QED) is 0.241. The highest BCUT2D eigenvalue weighted by molar-refractivity contribution is 9.11. The lowest BCUT2D eigenvalue weighted by Gasteiger charge is -2.26. The van der Waals surface area contributed by atoms with Gasteiger partial charge in [-0.3, -0.25) is 19.7 Å². The molecule has 0 radical (unpaired) electrons. The van der Waals surface area contributed by atoms with Crippen molar-refractivity contribution in [1.29, 1.82) is 0 Å². The van der Waals surface area contributed by atoms with Crippen LogP contribution in [0.2, 0.25) is 10.0 Å². The molecule has 3 aromatic rings. The highest BCUT2D eigenvalue weighted by Gasteiger charge is 2.37. The monoisotopic (exact) mass is 665 g/mol. The zero-order valence-corrected chi connectivity index (χ0v) is 23.2. The van der Waals surface area contributed by atoms with Crippen molar-refractivity contribution in [1.82, 2.24) is 5.32 Å². The van der Waals surface area contributed by atoms with Crippen LogP contribution in [-0.2, 0) is 14.4 Å². The Hall–Kier alpha value is -3.18. The summed E-state index contributed by atoms with van der Waals surface area (Å²) in [6.07, 6.45) is 1.28. The third kappa shape index (κ3) is 6.22. The van der Waals surface area contributed by atoms with E-state index in [0.29, 0.717) is 30.2 Å². The summed E-state index contributed by atoms with van der Waals surface area (Å²) in [6.45, 7) is -0.392. The SMILES string of the molecule is O=C(COc1c(Br)cc(Br)cc1/C=C1/C(=O)NC(=O)N(c2ccc(Cl)cc2)C1=O)Nc1ccccc1Cl. The molecule has 1 saturated heterocycles. The molecule has 0 saturated carbocycles. The first kappa shape index (κ1) is 26.9. The van der Waals surface area contributed by atoms with Crippen LogP contribution in [-0.4, -0.2) is 30.4 Å². The van der Waals surface area contributed by atoms with Crippen LogP contribution >= 0.6 is 55.1 Å². The number of hydrogen-bond acceptors (Lipinski definition) is 5. The second kappa shape index (κ2) is 11.5. The van der Waals surface area contributed by atoms with Gasteiger partial charge in [-0.05, 0) is 70.5 Å². The predicted molar refractivity (Wildman–Crippen MR) is 148 cm³/mol. The van der Waals surface area contributed by atoms with Crippen molar-refractivity contribution in [2.75, 3.05) is 16.8 Å². The number of nitrogens with zero attached hydrogens (tertiary/aromatic N) is 1. The fourth-order valence-electron chi connectivity index (χ4n) is 3.36. The predicted octanol–water partition coefficient (Wildman–Crippen LogP) is 6.20. The van der Waals surface area contributed by atoms with Crippen LogP contribution in [0.3, 0.4) is 0 Å². The molecule has 188 valence electrons. The normalized spacial score (nSPS) is 14.5. The first-order valence-corrected chi connectivity index (χ1v) is 12.8. The molecule has 1 heterocycles. The van der Waals surface area contributed by atoms with Crippen molar-refractivity contribution in [2.24, 2.45) is 0 Å². The van der Waals surface area contributed by atoms with Crippen molar-refractivity contribution in [3.05, 3.63) is 90.8 Å². The molecule has 5 amide bonds. The van der Waals surface area contributed by atoms with Gasteiger partial charge in [0, 0.05) is 15.1 Å². The number of halogens is 4. The average molecular weight is 668 g/mol. The van der Waals surface area contributed by atoms with Crippen LogP contribution in [0.4, 0.5) is 16.2 Å². The summed E-state index contributed by atoms with van der Waals surface area (Å²) in [7, 11) is 0. The Balaban J connectivity index is 1.63. The number of para-hydroxylation sites is 1. The number of urea groups is 1. The van der Waals surface area contributed by atoms with Gasteiger partial charge in [-0.15, -0.1) is 0 Å². The molecule has 2 N–H and O–H groups in total. The number of hydrogen-bond donors (Lipinski definition) is 2. The molecular formula is C25H15Br2Cl2N3O5. The van der Waals surface area contributed by atoms with E-state index in [1.54, 1.807) is 36.4 Å². The Morgan fingerprint density at radius 2 is 1.73 bits per heavy atom. The van der Waals surface area contributed by atoms with Crippen molar-refractivity contribution < 1.29 is 23.9 Å². The van der Waals surface area contributed by atoms with Crippen molar-refractivity contribution in [2.45, 2.75) is 0 Å². The summed E-state index contributed by atoms with van der Waals surface area (Å²) in [5, 5.41) is 5.60. The van der Waals surface area contributed by atoms with Gasteiger partial charge in [-0.25, -0.2) is 9.69 Å². The second-order valence-electron chi connectivity index (χ2n) is 7.56. The summed E-state index contributed by atoms with van der Waals surface area (Å²) in [4.78, 5) is 51.6. The number of anilines is 2. The highest BCUT2D eigenvalue weighted by Crippen LogP contribution is 2.35. The maximum Gasteiger partial charge on any atom is 0.335 e. The first-order chi connectivity index (χ1) is 17.6. The van der Waals surface area contributed by atoms with E-state index in [4.69, 9.17) is 27.9 Å². The molecule has 1 aliphatic heterocycles. The van der Waals surface area contributed by atoms with Gasteiger partial charge in [0.2, 0.25) is 0 Å². The summed E-state index contributed by atoms with van der Waals surface area (Å²) in [6, 6.07) is 15.1. The van der Waals surface area contributed by atoms with Crippen LogP contribution in [0, 0.1) is 0 Å². The molecule has 0 spiro atoms. The molecule has 0 bridgehead atoms. The Kier molecular flexibility index (Phi) is 8.33. The molecule has 3 aromatic carbocycles. The third-order valence-corrected chi connectivity index (χ3v) is 6.65. The van der Waals surface area contributed by atoms with E-state index in [1.807, 2.05) is 0 Å². The third-order valence-electron chi connectivity index (χ3n) is 5.02. The molecular weight excluding hydrogens is 653 g/mol. The van der Waals surface area contributed by atoms with Crippen LogP contribution in [0.25, 0.3) is 6.08 Å². The molecule has 8 nitrogen and oxygen atoms in total. The largest absolute Gasteiger partial charge is 0.482 e. The zero-order valence-electron chi connectivity index (χ0n) is 18.6. The smallest absolute Gasteiger partial charge is 0.335 e. The number of carbonyl (C=O) groups excluding carboxylic acids is 4. The molecule has 0 unspecified atom stereocenters. The lowest BCUT2D eigenvalue weighted by molar-refractivity contribution is -0.122. The van der Waals surface area contributed by atoms with E-state index in [2.05, 4.69) is 42.5 Å². The van der Waals surface area contributed by atoms with Gasteiger partial charge in [-0.2, -0.15) is 0 Å². The molecule has 1 fully saturated rings. The second-order valence-corrected chi connectivity index (χ2v) is 10.2. The summed E-state index contributed by atoms with van der Waals surface area (Å²) < 4.78 is 6.81. The number of imide groups is 2. The summed E-state index contributed by atoms with van der Waals surface area (Å²) >= 11 is 18.7. The minimum absolute atomic E-state index is 0.195. The highest BCUT2D eigenvalue weighted by atomic mass is 79.9. The van der Waals surface area contributed by atoms with Gasteiger partial charge in [0.15, 0.2) is 6.61 Å². The molecule has 0 atom stereocenters. The van der Waals surface area contributed by atoms with Gasteiger partial charge >= 0.3 is 6.03 Å². The molecule has 0 aliphatic carbocycles. The lowest BCUT2D eigenvalue weighted by Crippen LogP contribution is -2.54. The fraction of sp³-hybridized carbons (Fsp3) is 0.0400. The van der Waals surface area contributed by atoms with E-state index in [9.17, 15) is 19.2 Å². The topological polar surface area (TPSA) is 105 Å². The number of nitrogens with one attached hydrogen (secondary N) is 2. The van der Waals surface area contributed by atoms with Crippen molar-refractivity contribution >= 4 is 96.3 Å². The lowest BCUT2D eigenvalue weighted by atomic mass is 10.1. The van der Waals surface area contributed by atoms with E-state index >= 15 is 0 Å².